The van der Waals surface area contributed by atoms with Gasteiger partial charge in [0.2, 0.25) is 0 Å². The Morgan fingerprint density at radius 2 is 2.14 bits per heavy atom. The second-order valence-electron chi connectivity index (χ2n) is 5.26. The molecule has 6 heteroatoms. The number of likely N-dealkylation sites (tertiary alicyclic amines) is 1. The number of nitrogens with zero attached hydrogens (tertiary/aromatic N) is 1. The van der Waals surface area contributed by atoms with Crippen LogP contribution in [0.1, 0.15) is 37.2 Å². The Balaban J connectivity index is 2.07. The normalized spacial score (nSPS) is 21.5. The van der Waals surface area contributed by atoms with Crippen molar-refractivity contribution in [1.29, 1.82) is 0 Å². The number of hydrogen-bond acceptors (Lipinski definition) is 4. The van der Waals surface area contributed by atoms with Crippen LogP contribution in [0.5, 0.6) is 5.95 Å². The van der Waals surface area contributed by atoms with Crippen LogP contribution < -0.4 is 4.74 Å². The molecule has 2 atom stereocenters. The van der Waals surface area contributed by atoms with E-state index in [0.29, 0.717) is 19.1 Å². The first-order valence-corrected chi connectivity index (χ1v) is 7.31. The zero-order valence-corrected chi connectivity index (χ0v) is 12.4. The fourth-order valence-corrected chi connectivity index (χ4v) is 2.79. The van der Waals surface area contributed by atoms with Crippen molar-refractivity contribution in [2.45, 2.75) is 26.7 Å². The van der Waals surface area contributed by atoms with Crippen molar-refractivity contribution < 1.29 is 23.8 Å². The molecule has 0 aromatic carbocycles. The lowest BCUT2D eigenvalue weighted by Gasteiger charge is -2.14. The summed E-state index contributed by atoms with van der Waals surface area (Å²) < 4.78 is 10.5. The van der Waals surface area contributed by atoms with Gasteiger partial charge in [0.15, 0.2) is 5.76 Å². The number of rotatable bonds is 6. The van der Waals surface area contributed by atoms with Crippen molar-refractivity contribution >= 4 is 11.9 Å². The third-order valence-corrected chi connectivity index (χ3v) is 3.78. The highest BCUT2D eigenvalue weighted by atomic mass is 16.6. The number of carbonyl (C=O) groups excluding carboxylic acids is 1. The van der Waals surface area contributed by atoms with Gasteiger partial charge in [0.05, 0.1) is 12.5 Å². The van der Waals surface area contributed by atoms with E-state index in [1.165, 1.54) is 0 Å². The second kappa shape index (κ2) is 6.65. The number of furan rings is 1. The van der Waals surface area contributed by atoms with E-state index in [1.807, 2.05) is 13.8 Å². The SMILES string of the molecule is CCCC1CN(C(=O)c2ccc(OCC)o2)CC1C(=O)O. The fourth-order valence-electron chi connectivity index (χ4n) is 2.79. The molecule has 2 heterocycles. The molecule has 1 fully saturated rings. The Morgan fingerprint density at radius 1 is 1.38 bits per heavy atom. The minimum Gasteiger partial charge on any atom is -0.481 e. The summed E-state index contributed by atoms with van der Waals surface area (Å²) in [7, 11) is 0. The largest absolute Gasteiger partial charge is 0.481 e. The second-order valence-corrected chi connectivity index (χ2v) is 5.26. The van der Waals surface area contributed by atoms with Crippen molar-refractivity contribution in [1.82, 2.24) is 4.90 Å². The van der Waals surface area contributed by atoms with Crippen LogP contribution in [-0.2, 0) is 4.79 Å². The van der Waals surface area contributed by atoms with E-state index in [1.54, 1.807) is 17.0 Å². The maximum Gasteiger partial charge on any atom is 0.308 e. The van der Waals surface area contributed by atoms with Crippen LogP contribution in [0, 0.1) is 11.8 Å². The van der Waals surface area contributed by atoms with Crippen LogP contribution in [0.3, 0.4) is 0 Å². The van der Waals surface area contributed by atoms with Gasteiger partial charge in [-0.2, -0.15) is 0 Å². The first-order valence-electron chi connectivity index (χ1n) is 7.31. The quantitative estimate of drug-likeness (QED) is 0.870. The Hall–Kier alpha value is -1.98. The minimum atomic E-state index is -0.835. The van der Waals surface area contributed by atoms with E-state index >= 15 is 0 Å². The first kappa shape index (κ1) is 15.4. The lowest BCUT2D eigenvalue weighted by atomic mass is 9.92. The number of hydrogen-bond donors (Lipinski definition) is 1. The summed E-state index contributed by atoms with van der Waals surface area (Å²) in [6, 6.07) is 3.17. The molecule has 2 unspecified atom stereocenters. The van der Waals surface area contributed by atoms with Crippen LogP contribution in [0.25, 0.3) is 0 Å². The zero-order chi connectivity index (χ0) is 15.4. The van der Waals surface area contributed by atoms with Crippen LogP contribution >= 0.6 is 0 Å². The lowest BCUT2D eigenvalue weighted by molar-refractivity contribution is -0.142. The number of carboxylic acid groups (broad SMARTS) is 1. The minimum absolute atomic E-state index is 0.0118. The number of amides is 1. The zero-order valence-electron chi connectivity index (χ0n) is 12.4. The van der Waals surface area contributed by atoms with E-state index in [9.17, 15) is 14.7 Å². The standard InChI is InChI=1S/C15H21NO5/c1-3-5-10-8-16(9-11(10)15(18)19)14(17)12-6-7-13(21-12)20-4-2/h6-7,10-11H,3-5,8-9H2,1-2H3,(H,18,19). The number of ether oxygens (including phenoxy) is 1. The van der Waals surface area contributed by atoms with Gasteiger partial charge in [-0.15, -0.1) is 0 Å². The molecule has 1 N–H and O–H groups in total. The maximum atomic E-state index is 12.4. The van der Waals surface area contributed by atoms with E-state index in [0.717, 1.165) is 12.8 Å². The summed E-state index contributed by atoms with van der Waals surface area (Å²) in [6.45, 7) is 5.02. The molecule has 116 valence electrons. The summed E-state index contributed by atoms with van der Waals surface area (Å²) in [5.41, 5.74) is 0. The van der Waals surface area contributed by atoms with Crippen LogP contribution in [0.4, 0.5) is 0 Å². The average molecular weight is 295 g/mol. The van der Waals surface area contributed by atoms with Crippen LogP contribution in [0.15, 0.2) is 16.5 Å². The molecule has 6 nitrogen and oxygen atoms in total. The van der Waals surface area contributed by atoms with Crippen molar-refractivity contribution in [3.63, 3.8) is 0 Å². The van der Waals surface area contributed by atoms with Crippen molar-refractivity contribution in [2.75, 3.05) is 19.7 Å². The Morgan fingerprint density at radius 3 is 2.76 bits per heavy atom. The molecule has 0 spiro atoms. The van der Waals surface area contributed by atoms with Crippen molar-refractivity contribution in [2.24, 2.45) is 11.8 Å². The first-order chi connectivity index (χ1) is 10.1. The van der Waals surface area contributed by atoms with Gasteiger partial charge in [-0.25, -0.2) is 0 Å². The predicted molar refractivity (Wildman–Crippen MR) is 75.3 cm³/mol. The summed E-state index contributed by atoms with van der Waals surface area (Å²) in [4.78, 5) is 25.2. The lowest BCUT2D eigenvalue weighted by Crippen LogP contribution is -2.29. The summed E-state index contributed by atoms with van der Waals surface area (Å²) in [6.07, 6.45) is 1.72. The monoisotopic (exact) mass is 295 g/mol. The van der Waals surface area contributed by atoms with Gasteiger partial charge in [-0.05, 0) is 25.3 Å². The van der Waals surface area contributed by atoms with Gasteiger partial charge in [0.25, 0.3) is 11.9 Å². The molecule has 0 radical (unpaired) electrons. The molecular formula is C15H21NO5. The molecular weight excluding hydrogens is 274 g/mol. The third kappa shape index (κ3) is 3.37. The molecule has 0 saturated carbocycles. The molecule has 1 aliphatic heterocycles. The number of aliphatic carboxylic acids is 1. The number of carbonyl (C=O) groups is 2. The van der Waals surface area contributed by atoms with E-state index in [4.69, 9.17) is 9.15 Å². The van der Waals surface area contributed by atoms with Gasteiger partial charge >= 0.3 is 5.97 Å². The average Bonchev–Trinajstić information content (AvgIpc) is 3.06. The number of carboxylic acids is 1. The summed E-state index contributed by atoms with van der Waals surface area (Å²) in [5.74, 6) is -1.09. The van der Waals surface area contributed by atoms with Gasteiger partial charge in [0, 0.05) is 19.2 Å². The smallest absolute Gasteiger partial charge is 0.308 e. The molecule has 1 saturated heterocycles. The summed E-state index contributed by atoms with van der Waals surface area (Å²) in [5, 5.41) is 9.27. The Bertz CT molecular complexity index is 510. The van der Waals surface area contributed by atoms with Crippen LogP contribution in [0.2, 0.25) is 0 Å². The topological polar surface area (TPSA) is 80.0 Å². The molecule has 0 aliphatic carbocycles. The molecule has 21 heavy (non-hydrogen) atoms. The predicted octanol–water partition coefficient (Wildman–Crippen LogP) is 2.25. The third-order valence-electron chi connectivity index (χ3n) is 3.78. The van der Waals surface area contributed by atoms with Gasteiger partial charge in [-0.1, -0.05) is 13.3 Å². The van der Waals surface area contributed by atoms with E-state index in [-0.39, 0.29) is 24.1 Å². The highest BCUT2D eigenvalue weighted by Gasteiger charge is 2.39. The van der Waals surface area contributed by atoms with Gasteiger partial charge in [-0.3, -0.25) is 9.59 Å². The van der Waals surface area contributed by atoms with Crippen LogP contribution in [-0.4, -0.2) is 41.6 Å². The maximum absolute atomic E-state index is 12.4. The molecule has 0 bridgehead atoms. The highest BCUT2D eigenvalue weighted by Crippen LogP contribution is 2.29. The molecule has 1 aromatic heterocycles. The van der Waals surface area contributed by atoms with E-state index < -0.39 is 11.9 Å². The molecule has 1 amide bonds. The van der Waals surface area contributed by atoms with E-state index in [2.05, 4.69) is 0 Å². The molecule has 1 aromatic rings. The van der Waals surface area contributed by atoms with Gasteiger partial charge < -0.3 is 19.2 Å². The highest BCUT2D eigenvalue weighted by molar-refractivity contribution is 5.92. The Labute approximate surface area is 123 Å². The molecule has 2 rings (SSSR count). The summed E-state index contributed by atoms with van der Waals surface area (Å²) >= 11 is 0. The van der Waals surface area contributed by atoms with Crippen molar-refractivity contribution in [3.8, 4) is 5.95 Å². The van der Waals surface area contributed by atoms with Crippen molar-refractivity contribution in [3.05, 3.63) is 17.9 Å². The van der Waals surface area contributed by atoms with Gasteiger partial charge in [0.1, 0.15) is 0 Å². The molecule has 1 aliphatic rings. The Kier molecular flexibility index (Phi) is 4.88. The fraction of sp³-hybridized carbons (Fsp3) is 0.600.